The molecule has 5 atom stereocenters. The summed E-state index contributed by atoms with van der Waals surface area (Å²) in [7, 11) is 0. The molecule has 5 rings (SSSR count). The number of hydrogen-bond donors (Lipinski definition) is 0. The molecule has 0 amide bonds. The molecule has 0 radical (unpaired) electrons. The Morgan fingerprint density at radius 3 is 1.61 bits per heavy atom. The first-order valence-electron chi connectivity index (χ1n) is 19.3. The van der Waals surface area contributed by atoms with Crippen molar-refractivity contribution in [2.45, 2.75) is 147 Å². The minimum absolute atomic E-state index is 0.0602. The van der Waals surface area contributed by atoms with Crippen molar-refractivity contribution in [3.63, 3.8) is 0 Å². The maximum Gasteiger partial charge on any atom is 0.321 e. The van der Waals surface area contributed by atoms with Gasteiger partial charge in [0.15, 0.2) is 0 Å². The van der Waals surface area contributed by atoms with Crippen LogP contribution in [0.5, 0.6) is 5.75 Å². The van der Waals surface area contributed by atoms with E-state index in [1.165, 1.54) is 103 Å². The van der Waals surface area contributed by atoms with Crippen LogP contribution >= 0.6 is 0 Å². The van der Waals surface area contributed by atoms with Gasteiger partial charge in [0.2, 0.25) is 0 Å². The molecule has 1 aliphatic carbocycles. The van der Waals surface area contributed by atoms with E-state index in [4.69, 9.17) is 14.2 Å². The van der Waals surface area contributed by atoms with Crippen LogP contribution in [0, 0.1) is 11.8 Å². The molecule has 49 heavy (non-hydrogen) atoms. The summed E-state index contributed by atoms with van der Waals surface area (Å²) in [5.74, 6) is -4.92. The zero-order valence-electron chi connectivity index (χ0n) is 29.5. The van der Waals surface area contributed by atoms with E-state index in [9.17, 15) is 19.2 Å². The summed E-state index contributed by atoms with van der Waals surface area (Å²) in [5.41, 5.74) is 2.27. The number of fused-ring (bicyclic) bond motifs is 3. The van der Waals surface area contributed by atoms with Gasteiger partial charge in [0.05, 0.1) is 30.8 Å². The maximum absolute atomic E-state index is 13.1. The van der Waals surface area contributed by atoms with E-state index >= 15 is 0 Å². The Kier molecular flexibility index (Phi) is 14.3. The number of unbranched alkanes of at least 4 members (excludes halogenated alkanes) is 17. The summed E-state index contributed by atoms with van der Waals surface area (Å²) in [6.45, 7) is 2.92. The summed E-state index contributed by atoms with van der Waals surface area (Å²) in [6, 6.07) is 14.9. The third-order valence-corrected chi connectivity index (χ3v) is 10.9. The number of benzene rings is 2. The van der Waals surface area contributed by atoms with E-state index in [2.05, 4.69) is 6.92 Å². The fourth-order valence-corrected chi connectivity index (χ4v) is 8.33. The fraction of sp³-hybridized carbons (Fsp3) is 0.619. The van der Waals surface area contributed by atoms with Crippen LogP contribution in [0.3, 0.4) is 0 Å². The third kappa shape index (κ3) is 9.82. The van der Waals surface area contributed by atoms with Crippen LogP contribution in [-0.2, 0) is 28.7 Å². The molecule has 0 aromatic heterocycles. The van der Waals surface area contributed by atoms with E-state index in [0.717, 1.165) is 29.7 Å². The van der Waals surface area contributed by atoms with Crippen molar-refractivity contribution in [1.29, 1.82) is 0 Å². The van der Waals surface area contributed by atoms with Crippen molar-refractivity contribution in [2.75, 3.05) is 6.61 Å². The highest BCUT2D eigenvalue weighted by atomic mass is 16.6. The summed E-state index contributed by atoms with van der Waals surface area (Å²) >= 11 is 0. The summed E-state index contributed by atoms with van der Waals surface area (Å²) in [5, 5.41) is 0. The fourth-order valence-electron chi connectivity index (χ4n) is 8.33. The van der Waals surface area contributed by atoms with Crippen LogP contribution in [0.25, 0.3) is 0 Å². The van der Waals surface area contributed by atoms with Gasteiger partial charge in [0, 0.05) is 11.8 Å². The Labute approximate surface area is 292 Å². The number of carbonyl (C=O) groups excluding carboxylic acids is 4. The van der Waals surface area contributed by atoms with E-state index in [0.29, 0.717) is 12.2 Å². The normalized spacial score (nSPS) is 22.9. The molecular formula is C42H56O7. The Morgan fingerprint density at radius 2 is 1.08 bits per heavy atom. The smallest absolute Gasteiger partial charge is 0.321 e. The first-order chi connectivity index (χ1) is 24.0. The van der Waals surface area contributed by atoms with E-state index in [-0.39, 0.29) is 6.42 Å². The van der Waals surface area contributed by atoms with Crippen molar-refractivity contribution >= 4 is 23.9 Å². The van der Waals surface area contributed by atoms with Gasteiger partial charge in [-0.25, -0.2) is 0 Å². The number of rotatable bonds is 22. The van der Waals surface area contributed by atoms with E-state index in [1.807, 2.05) is 48.5 Å². The molecule has 0 bridgehead atoms. The van der Waals surface area contributed by atoms with Gasteiger partial charge in [-0.1, -0.05) is 152 Å². The molecule has 2 aromatic carbocycles. The quantitative estimate of drug-likeness (QED) is 0.0698. The van der Waals surface area contributed by atoms with Crippen molar-refractivity contribution in [1.82, 2.24) is 0 Å². The van der Waals surface area contributed by atoms with Crippen LogP contribution in [0.15, 0.2) is 48.5 Å². The predicted molar refractivity (Wildman–Crippen MR) is 189 cm³/mol. The lowest BCUT2D eigenvalue weighted by Gasteiger charge is -2.40. The number of carbonyl (C=O) groups is 4. The lowest BCUT2D eigenvalue weighted by molar-refractivity contribution is -0.155. The van der Waals surface area contributed by atoms with Gasteiger partial charge >= 0.3 is 23.9 Å². The Balaban J connectivity index is 1.02. The summed E-state index contributed by atoms with van der Waals surface area (Å²) < 4.78 is 16.2. The molecule has 7 nitrogen and oxygen atoms in total. The van der Waals surface area contributed by atoms with Crippen LogP contribution < -0.4 is 4.74 Å². The van der Waals surface area contributed by atoms with Gasteiger partial charge in [-0.15, -0.1) is 0 Å². The van der Waals surface area contributed by atoms with Gasteiger partial charge in [-0.3, -0.25) is 19.2 Å². The highest BCUT2D eigenvalue weighted by molar-refractivity contribution is 6.02. The van der Waals surface area contributed by atoms with Gasteiger partial charge in [0.1, 0.15) is 5.75 Å². The minimum atomic E-state index is -0.789. The second-order valence-corrected chi connectivity index (χ2v) is 14.5. The van der Waals surface area contributed by atoms with E-state index in [1.54, 1.807) is 0 Å². The number of hydrogen-bond acceptors (Lipinski definition) is 7. The van der Waals surface area contributed by atoms with Crippen molar-refractivity contribution in [2.24, 2.45) is 11.8 Å². The molecular weight excluding hydrogens is 616 g/mol. The second kappa shape index (κ2) is 19.1. The molecule has 7 heteroatoms. The number of cyclic esters (lactones) is 4. The molecule has 2 saturated heterocycles. The molecule has 5 unspecified atom stereocenters. The number of ether oxygens (including phenoxy) is 3. The van der Waals surface area contributed by atoms with Crippen LogP contribution in [0.1, 0.15) is 163 Å². The topological polar surface area (TPSA) is 96.0 Å². The first kappa shape index (κ1) is 36.8. The van der Waals surface area contributed by atoms with E-state index < -0.39 is 53.5 Å². The molecule has 0 spiro atoms. The molecule has 0 saturated carbocycles. The minimum Gasteiger partial charge on any atom is -0.494 e. The van der Waals surface area contributed by atoms with Crippen molar-refractivity contribution in [3.8, 4) is 5.75 Å². The van der Waals surface area contributed by atoms with Gasteiger partial charge in [-0.2, -0.15) is 0 Å². The van der Waals surface area contributed by atoms with Gasteiger partial charge < -0.3 is 14.2 Å². The summed E-state index contributed by atoms with van der Waals surface area (Å²) in [6.07, 6.45) is 24.1. The lowest BCUT2D eigenvalue weighted by Crippen LogP contribution is -2.38. The average Bonchev–Trinajstić information content (AvgIpc) is 3.60. The maximum atomic E-state index is 13.1. The lowest BCUT2D eigenvalue weighted by atomic mass is 9.59. The molecule has 2 heterocycles. The monoisotopic (exact) mass is 672 g/mol. The number of esters is 4. The van der Waals surface area contributed by atoms with Crippen molar-refractivity contribution < 1.29 is 33.4 Å². The highest BCUT2D eigenvalue weighted by Crippen LogP contribution is 2.58. The predicted octanol–water partition coefficient (Wildman–Crippen LogP) is 9.86. The molecule has 3 aliphatic rings. The standard InChI is InChI=1S/C42H56O7/c1-2-3-4-5-6-7-8-9-10-11-12-13-14-15-16-17-18-21-28-47-31-26-24-30(25-27-31)36-37(34-29-35(43)48-40(34)44)32-22-19-20-23-33(32)38-39(36)42(46)49-41(38)45/h19-20,22-27,34,36-39H,2-18,21,28-29H2,1H3. The highest BCUT2D eigenvalue weighted by Gasteiger charge is 2.59. The molecule has 266 valence electrons. The Morgan fingerprint density at radius 1 is 0.551 bits per heavy atom. The van der Waals surface area contributed by atoms with Gasteiger partial charge in [-0.05, 0) is 35.2 Å². The third-order valence-electron chi connectivity index (χ3n) is 10.9. The average molecular weight is 673 g/mol. The Bertz CT molecular complexity index is 1380. The SMILES string of the molecule is CCCCCCCCCCCCCCCCCCCCOc1ccc(C2C3C(=O)OC(=O)C3c3ccccc3C2C2CC(=O)OC2=O)cc1. The van der Waals surface area contributed by atoms with Crippen LogP contribution in [-0.4, -0.2) is 30.5 Å². The second-order valence-electron chi connectivity index (χ2n) is 14.5. The largest absolute Gasteiger partial charge is 0.494 e. The molecule has 2 fully saturated rings. The van der Waals surface area contributed by atoms with Gasteiger partial charge in [0.25, 0.3) is 0 Å². The summed E-state index contributed by atoms with van der Waals surface area (Å²) in [4.78, 5) is 51.0. The zero-order valence-corrected chi connectivity index (χ0v) is 29.5. The zero-order chi connectivity index (χ0) is 34.4. The van der Waals surface area contributed by atoms with Crippen LogP contribution in [0.2, 0.25) is 0 Å². The molecule has 0 N–H and O–H groups in total. The Hall–Kier alpha value is -3.48. The molecule has 2 aliphatic heterocycles. The first-order valence-corrected chi connectivity index (χ1v) is 19.3. The van der Waals surface area contributed by atoms with Crippen LogP contribution in [0.4, 0.5) is 0 Å². The van der Waals surface area contributed by atoms with Crippen molar-refractivity contribution in [3.05, 3.63) is 65.2 Å². The molecule has 2 aromatic rings.